The predicted molar refractivity (Wildman–Crippen MR) is 72.3 cm³/mol. The van der Waals surface area contributed by atoms with Gasteiger partial charge in [-0.05, 0) is 62.1 Å². The molecule has 1 unspecified atom stereocenters. The van der Waals surface area contributed by atoms with Gasteiger partial charge in [-0.15, -0.1) is 0 Å². The lowest BCUT2D eigenvalue weighted by molar-refractivity contribution is 0.313. The Bertz CT molecular complexity index is 393. The first-order valence-electron chi connectivity index (χ1n) is 7.21. The quantitative estimate of drug-likeness (QED) is 0.832. The van der Waals surface area contributed by atoms with Crippen LogP contribution in [0.3, 0.4) is 0 Å². The molecule has 0 aromatic heterocycles. The molecule has 1 aromatic carbocycles. The molecule has 0 spiro atoms. The van der Waals surface area contributed by atoms with E-state index in [9.17, 15) is 0 Å². The SMILES string of the molecule is CC(NC1CCC1)c1ccc2c(c1)CCCC2. The van der Waals surface area contributed by atoms with E-state index < -0.39 is 0 Å². The van der Waals surface area contributed by atoms with Gasteiger partial charge in [0.15, 0.2) is 0 Å². The van der Waals surface area contributed by atoms with Crippen LogP contribution in [0.4, 0.5) is 0 Å². The Kier molecular flexibility index (Phi) is 3.19. The van der Waals surface area contributed by atoms with Crippen molar-refractivity contribution < 1.29 is 0 Å². The average Bonchev–Trinajstić information content (AvgIpc) is 2.33. The molecule has 2 aliphatic rings. The first-order valence-corrected chi connectivity index (χ1v) is 7.21. The van der Waals surface area contributed by atoms with E-state index >= 15 is 0 Å². The van der Waals surface area contributed by atoms with Crippen LogP contribution < -0.4 is 5.32 Å². The van der Waals surface area contributed by atoms with Gasteiger partial charge in [0.2, 0.25) is 0 Å². The third-order valence-electron chi connectivity index (χ3n) is 4.46. The standard InChI is InChI=1S/C16H23N/c1-12(17-16-7-4-8-16)14-10-9-13-5-2-3-6-15(13)11-14/h9-12,16-17H,2-8H2,1H3. The van der Waals surface area contributed by atoms with E-state index in [1.54, 1.807) is 11.1 Å². The fraction of sp³-hybridized carbons (Fsp3) is 0.625. The summed E-state index contributed by atoms with van der Waals surface area (Å²) >= 11 is 0. The Balaban J connectivity index is 1.73. The normalized spacial score (nSPS) is 21.7. The van der Waals surface area contributed by atoms with Gasteiger partial charge in [-0.2, -0.15) is 0 Å². The minimum absolute atomic E-state index is 0.521. The van der Waals surface area contributed by atoms with Crippen molar-refractivity contribution in [1.82, 2.24) is 5.32 Å². The zero-order valence-corrected chi connectivity index (χ0v) is 10.8. The Morgan fingerprint density at radius 2 is 1.82 bits per heavy atom. The summed E-state index contributed by atoms with van der Waals surface area (Å²) in [7, 11) is 0. The molecule has 3 rings (SSSR count). The van der Waals surface area contributed by atoms with Crippen LogP contribution in [-0.4, -0.2) is 6.04 Å². The summed E-state index contributed by atoms with van der Waals surface area (Å²) in [6.07, 6.45) is 9.49. The Hall–Kier alpha value is -0.820. The van der Waals surface area contributed by atoms with Crippen molar-refractivity contribution in [2.24, 2.45) is 0 Å². The van der Waals surface area contributed by atoms with Gasteiger partial charge >= 0.3 is 0 Å². The lowest BCUT2D eigenvalue weighted by atomic mass is 9.88. The highest BCUT2D eigenvalue weighted by Gasteiger charge is 2.20. The Morgan fingerprint density at radius 1 is 1.06 bits per heavy atom. The van der Waals surface area contributed by atoms with Crippen LogP contribution in [-0.2, 0) is 12.8 Å². The summed E-state index contributed by atoms with van der Waals surface area (Å²) < 4.78 is 0. The summed E-state index contributed by atoms with van der Waals surface area (Å²) in [6, 6.07) is 8.45. The van der Waals surface area contributed by atoms with Gasteiger partial charge in [-0.1, -0.05) is 24.6 Å². The van der Waals surface area contributed by atoms with Crippen LogP contribution in [0.5, 0.6) is 0 Å². The fourth-order valence-corrected chi connectivity index (χ4v) is 3.05. The van der Waals surface area contributed by atoms with Gasteiger partial charge in [0.25, 0.3) is 0 Å². The van der Waals surface area contributed by atoms with Crippen LogP contribution in [0.2, 0.25) is 0 Å². The summed E-state index contributed by atoms with van der Waals surface area (Å²) in [4.78, 5) is 0. The van der Waals surface area contributed by atoms with E-state index in [4.69, 9.17) is 0 Å². The summed E-state index contributed by atoms with van der Waals surface area (Å²) in [5.74, 6) is 0. The number of fused-ring (bicyclic) bond motifs is 1. The molecule has 92 valence electrons. The molecule has 1 atom stereocenters. The first-order chi connectivity index (χ1) is 8.33. The van der Waals surface area contributed by atoms with Crippen LogP contribution in [0, 0.1) is 0 Å². The van der Waals surface area contributed by atoms with Crippen molar-refractivity contribution in [3.8, 4) is 0 Å². The van der Waals surface area contributed by atoms with Crippen LogP contribution in [0.25, 0.3) is 0 Å². The molecular formula is C16H23N. The molecule has 1 N–H and O–H groups in total. The summed E-state index contributed by atoms with van der Waals surface area (Å²) in [5.41, 5.74) is 4.68. The maximum atomic E-state index is 3.74. The highest BCUT2D eigenvalue weighted by atomic mass is 15.0. The number of benzene rings is 1. The second-order valence-corrected chi connectivity index (χ2v) is 5.75. The molecule has 1 saturated carbocycles. The van der Waals surface area contributed by atoms with E-state index in [1.807, 2.05) is 0 Å². The lowest BCUT2D eigenvalue weighted by Crippen LogP contribution is -2.36. The third-order valence-corrected chi connectivity index (χ3v) is 4.46. The molecule has 0 bridgehead atoms. The minimum Gasteiger partial charge on any atom is -0.307 e. The maximum Gasteiger partial charge on any atom is 0.0294 e. The molecule has 1 nitrogen and oxygen atoms in total. The van der Waals surface area contributed by atoms with Crippen molar-refractivity contribution in [1.29, 1.82) is 0 Å². The van der Waals surface area contributed by atoms with E-state index in [-0.39, 0.29) is 0 Å². The van der Waals surface area contributed by atoms with Gasteiger partial charge in [-0.25, -0.2) is 0 Å². The highest BCUT2D eigenvalue weighted by Crippen LogP contribution is 2.27. The second kappa shape index (κ2) is 4.81. The second-order valence-electron chi connectivity index (χ2n) is 5.75. The van der Waals surface area contributed by atoms with Gasteiger partial charge in [0.1, 0.15) is 0 Å². The zero-order chi connectivity index (χ0) is 11.7. The molecule has 0 heterocycles. The Morgan fingerprint density at radius 3 is 2.53 bits per heavy atom. The largest absolute Gasteiger partial charge is 0.307 e. The van der Waals surface area contributed by atoms with E-state index in [0.29, 0.717) is 6.04 Å². The molecule has 2 aliphatic carbocycles. The number of nitrogens with one attached hydrogen (secondary N) is 1. The smallest absolute Gasteiger partial charge is 0.0294 e. The van der Waals surface area contributed by atoms with Gasteiger partial charge < -0.3 is 5.32 Å². The molecule has 1 heteroatoms. The van der Waals surface area contributed by atoms with Crippen molar-refractivity contribution in [3.63, 3.8) is 0 Å². The van der Waals surface area contributed by atoms with Crippen molar-refractivity contribution in [2.75, 3.05) is 0 Å². The molecule has 0 aliphatic heterocycles. The van der Waals surface area contributed by atoms with E-state index in [2.05, 4.69) is 30.4 Å². The summed E-state index contributed by atoms with van der Waals surface area (Å²) in [6.45, 7) is 2.31. The molecule has 1 aromatic rings. The molecular weight excluding hydrogens is 206 g/mol. The lowest BCUT2D eigenvalue weighted by Gasteiger charge is -2.30. The Labute approximate surface area is 105 Å². The number of rotatable bonds is 3. The van der Waals surface area contributed by atoms with Gasteiger partial charge in [-0.3, -0.25) is 0 Å². The third kappa shape index (κ3) is 2.40. The first kappa shape index (κ1) is 11.3. The molecule has 0 amide bonds. The van der Waals surface area contributed by atoms with E-state index in [1.165, 1.54) is 50.5 Å². The monoisotopic (exact) mass is 229 g/mol. The number of hydrogen-bond donors (Lipinski definition) is 1. The van der Waals surface area contributed by atoms with Crippen molar-refractivity contribution in [3.05, 3.63) is 34.9 Å². The molecule has 0 radical (unpaired) electrons. The van der Waals surface area contributed by atoms with Crippen molar-refractivity contribution in [2.45, 2.75) is 64.0 Å². The zero-order valence-electron chi connectivity index (χ0n) is 10.8. The predicted octanol–water partition coefficient (Wildman–Crippen LogP) is 3.77. The number of aryl methyl sites for hydroxylation is 2. The maximum absolute atomic E-state index is 3.74. The highest BCUT2D eigenvalue weighted by molar-refractivity contribution is 5.35. The average molecular weight is 229 g/mol. The van der Waals surface area contributed by atoms with Crippen LogP contribution in [0.15, 0.2) is 18.2 Å². The number of hydrogen-bond acceptors (Lipinski definition) is 1. The van der Waals surface area contributed by atoms with E-state index in [0.717, 1.165) is 6.04 Å². The van der Waals surface area contributed by atoms with Gasteiger partial charge in [0.05, 0.1) is 0 Å². The summed E-state index contributed by atoms with van der Waals surface area (Å²) in [5, 5.41) is 3.74. The molecule has 1 fully saturated rings. The topological polar surface area (TPSA) is 12.0 Å². The molecule has 0 saturated heterocycles. The van der Waals surface area contributed by atoms with Crippen LogP contribution in [0.1, 0.15) is 61.8 Å². The van der Waals surface area contributed by atoms with Crippen molar-refractivity contribution >= 4 is 0 Å². The van der Waals surface area contributed by atoms with Crippen LogP contribution >= 0.6 is 0 Å². The minimum atomic E-state index is 0.521. The molecule has 17 heavy (non-hydrogen) atoms. The fourth-order valence-electron chi connectivity index (χ4n) is 3.05. The van der Waals surface area contributed by atoms with Gasteiger partial charge in [0, 0.05) is 12.1 Å².